The van der Waals surface area contributed by atoms with Crippen LogP contribution in [-0.4, -0.2) is 42.2 Å². The van der Waals surface area contributed by atoms with Gasteiger partial charge in [0.25, 0.3) is 0 Å². The van der Waals surface area contributed by atoms with Gasteiger partial charge in [-0.15, -0.1) is 0 Å². The molecule has 1 fully saturated rings. The third kappa shape index (κ3) is 4.31. The Morgan fingerprint density at radius 3 is 2.38 bits per heavy atom. The molecule has 4 rings (SSSR count). The number of hydrogen-bond donors (Lipinski definition) is 2. The summed E-state index contributed by atoms with van der Waals surface area (Å²) in [6.07, 6.45) is 4.45. The van der Waals surface area contributed by atoms with Crippen LogP contribution in [0.4, 0.5) is 11.6 Å². The van der Waals surface area contributed by atoms with Crippen LogP contribution in [0.1, 0.15) is 28.8 Å². The van der Waals surface area contributed by atoms with Gasteiger partial charge in [0.2, 0.25) is 11.9 Å². The Morgan fingerprint density at radius 1 is 1.03 bits per heavy atom. The lowest BCUT2D eigenvalue weighted by atomic mass is 9.73. The number of aromatic nitrogens is 2. The lowest BCUT2D eigenvalue weighted by molar-refractivity contribution is -0.125. The van der Waals surface area contributed by atoms with Gasteiger partial charge in [-0.05, 0) is 42.2 Å². The van der Waals surface area contributed by atoms with Gasteiger partial charge in [-0.25, -0.2) is 14.8 Å². The number of amides is 1. The molecular formula is C24H24N4O4. The number of nitrogens with one attached hydrogen (secondary N) is 1. The highest BCUT2D eigenvalue weighted by Gasteiger charge is 2.41. The number of benzene rings is 2. The molecule has 0 atom stereocenters. The molecule has 2 heterocycles. The predicted octanol–water partition coefficient (Wildman–Crippen LogP) is 3.20. The quantitative estimate of drug-likeness (QED) is 0.595. The Labute approximate surface area is 185 Å². The summed E-state index contributed by atoms with van der Waals surface area (Å²) in [5.74, 6) is -0.366. The molecule has 1 amide bonds. The van der Waals surface area contributed by atoms with E-state index in [1.54, 1.807) is 36.7 Å². The molecule has 8 nitrogen and oxygen atoms in total. The number of rotatable bonds is 5. The average molecular weight is 432 g/mol. The van der Waals surface area contributed by atoms with E-state index in [0.29, 0.717) is 37.3 Å². The van der Waals surface area contributed by atoms with E-state index in [4.69, 9.17) is 15.2 Å². The first-order valence-corrected chi connectivity index (χ1v) is 10.3. The van der Waals surface area contributed by atoms with Gasteiger partial charge in [-0.2, -0.15) is 0 Å². The maximum atomic E-state index is 13.5. The third-order valence-electron chi connectivity index (χ3n) is 5.77. The van der Waals surface area contributed by atoms with Crippen molar-refractivity contribution in [1.29, 1.82) is 0 Å². The number of nitrogens with zero attached hydrogens (tertiary/aromatic N) is 2. The first-order chi connectivity index (χ1) is 15.5. The van der Waals surface area contributed by atoms with Crippen molar-refractivity contribution in [2.75, 3.05) is 31.4 Å². The van der Waals surface area contributed by atoms with Crippen molar-refractivity contribution in [3.63, 3.8) is 0 Å². The topological polar surface area (TPSA) is 116 Å². The van der Waals surface area contributed by atoms with Crippen LogP contribution in [0.3, 0.4) is 0 Å². The summed E-state index contributed by atoms with van der Waals surface area (Å²) in [4.78, 5) is 33.4. The van der Waals surface area contributed by atoms with Crippen LogP contribution in [0.15, 0.2) is 60.9 Å². The first kappa shape index (κ1) is 21.5. The van der Waals surface area contributed by atoms with Crippen LogP contribution in [0.25, 0.3) is 11.1 Å². The Balaban J connectivity index is 1.61. The number of anilines is 2. The van der Waals surface area contributed by atoms with Crippen molar-refractivity contribution >= 4 is 23.5 Å². The fourth-order valence-electron chi connectivity index (χ4n) is 3.93. The number of carbonyl (C=O) groups is 2. The zero-order valence-electron chi connectivity index (χ0n) is 17.7. The minimum Gasteiger partial charge on any atom is -0.465 e. The summed E-state index contributed by atoms with van der Waals surface area (Å²) in [6, 6.07) is 14.5. The van der Waals surface area contributed by atoms with Crippen molar-refractivity contribution in [2.45, 2.75) is 18.3 Å². The molecule has 0 spiro atoms. The molecule has 3 N–H and O–H groups in total. The molecule has 0 unspecified atom stereocenters. The summed E-state index contributed by atoms with van der Waals surface area (Å²) >= 11 is 0. The number of methoxy groups -OCH3 is 1. The normalized spacial score (nSPS) is 15.0. The fourth-order valence-corrected chi connectivity index (χ4v) is 3.93. The minimum atomic E-state index is -0.740. The van der Waals surface area contributed by atoms with E-state index in [2.05, 4.69) is 15.3 Å². The van der Waals surface area contributed by atoms with Crippen LogP contribution in [-0.2, 0) is 19.7 Å². The summed E-state index contributed by atoms with van der Waals surface area (Å²) in [6.45, 7) is 0.979. The number of nitrogens with two attached hydrogens (primary N) is 1. The molecule has 8 heteroatoms. The van der Waals surface area contributed by atoms with Gasteiger partial charge in [0, 0.05) is 36.9 Å². The van der Waals surface area contributed by atoms with Crippen LogP contribution in [0.2, 0.25) is 0 Å². The monoisotopic (exact) mass is 432 g/mol. The van der Waals surface area contributed by atoms with Gasteiger partial charge in [0.1, 0.15) is 0 Å². The Hall–Kier alpha value is -3.78. The standard InChI is InChI=1S/C24H24N4O4/c1-31-21(29)17-3-2-4-20(13-17)28-22(30)24(9-11-32-12-10-24)19-7-5-16(6-8-19)18-14-26-23(25)27-15-18/h2-8,13-15H,9-12H2,1H3,(H,28,30)(H2,25,26,27). The third-order valence-corrected chi connectivity index (χ3v) is 5.77. The predicted molar refractivity (Wildman–Crippen MR) is 120 cm³/mol. The van der Waals surface area contributed by atoms with Crippen molar-refractivity contribution < 1.29 is 19.1 Å². The second-order valence-corrected chi connectivity index (χ2v) is 7.63. The number of ether oxygens (including phenoxy) is 2. The Morgan fingerprint density at radius 2 is 1.72 bits per heavy atom. The first-order valence-electron chi connectivity index (χ1n) is 10.3. The van der Waals surface area contributed by atoms with Gasteiger partial charge in [0.15, 0.2) is 0 Å². The van der Waals surface area contributed by atoms with Gasteiger partial charge in [0.05, 0.1) is 18.1 Å². The summed E-state index contributed by atoms with van der Waals surface area (Å²) in [5, 5.41) is 2.99. The van der Waals surface area contributed by atoms with Crippen LogP contribution >= 0.6 is 0 Å². The molecule has 164 valence electrons. The zero-order valence-corrected chi connectivity index (χ0v) is 17.7. The molecule has 2 aromatic carbocycles. The largest absolute Gasteiger partial charge is 0.465 e. The number of hydrogen-bond acceptors (Lipinski definition) is 7. The Bertz CT molecular complexity index is 1110. The van der Waals surface area contributed by atoms with E-state index in [1.807, 2.05) is 24.3 Å². The van der Waals surface area contributed by atoms with Crippen LogP contribution < -0.4 is 11.1 Å². The average Bonchev–Trinajstić information content (AvgIpc) is 2.84. The number of esters is 1. The highest BCUT2D eigenvalue weighted by Crippen LogP contribution is 2.37. The molecule has 3 aromatic rings. The number of nitrogen functional groups attached to an aromatic ring is 1. The van der Waals surface area contributed by atoms with E-state index >= 15 is 0 Å². The summed E-state index contributed by atoms with van der Waals surface area (Å²) < 4.78 is 10.3. The second kappa shape index (κ2) is 9.15. The highest BCUT2D eigenvalue weighted by molar-refractivity contribution is 6.00. The van der Waals surface area contributed by atoms with E-state index in [-0.39, 0.29) is 11.9 Å². The van der Waals surface area contributed by atoms with Crippen molar-refractivity contribution in [3.05, 3.63) is 72.1 Å². The number of carbonyl (C=O) groups excluding carboxylic acids is 2. The molecule has 32 heavy (non-hydrogen) atoms. The van der Waals surface area contributed by atoms with E-state index in [9.17, 15) is 9.59 Å². The van der Waals surface area contributed by atoms with Gasteiger partial charge in [-0.1, -0.05) is 30.3 Å². The molecule has 0 radical (unpaired) electrons. The molecular weight excluding hydrogens is 408 g/mol. The minimum absolute atomic E-state index is 0.133. The summed E-state index contributed by atoms with van der Waals surface area (Å²) in [7, 11) is 1.32. The van der Waals surface area contributed by atoms with Crippen LogP contribution in [0.5, 0.6) is 0 Å². The molecule has 0 bridgehead atoms. The second-order valence-electron chi connectivity index (χ2n) is 7.63. The van der Waals surface area contributed by atoms with Gasteiger partial charge in [-0.3, -0.25) is 4.79 Å². The lowest BCUT2D eigenvalue weighted by Crippen LogP contribution is -2.44. The van der Waals surface area contributed by atoms with E-state index in [0.717, 1.165) is 16.7 Å². The maximum Gasteiger partial charge on any atom is 0.337 e. The lowest BCUT2D eigenvalue weighted by Gasteiger charge is -2.36. The SMILES string of the molecule is COC(=O)c1cccc(NC(=O)C2(c3ccc(-c4cnc(N)nc4)cc3)CCOCC2)c1. The maximum absolute atomic E-state index is 13.5. The molecule has 1 aromatic heterocycles. The summed E-state index contributed by atoms with van der Waals surface area (Å²) in [5.41, 5.74) is 8.43. The molecule has 1 aliphatic heterocycles. The molecule has 0 aliphatic carbocycles. The van der Waals surface area contributed by atoms with Crippen molar-refractivity contribution in [1.82, 2.24) is 9.97 Å². The molecule has 1 saturated heterocycles. The Kier molecular flexibility index (Phi) is 6.13. The van der Waals surface area contributed by atoms with E-state index < -0.39 is 11.4 Å². The fraction of sp³-hybridized carbons (Fsp3) is 0.250. The zero-order chi connectivity index (χ0) is 22.6. The molecule has 1 aliphatic rings. The van der Waals surface area contributed by atoms with Gasteiger partial charge < -0.3 is 20.5 Å². The molecule has 0 saturated carbocycles. The van der Waals surface area contributed by atoms with Crippen LogP contribution in [0, 0.1) is 0 Å². The smallest absolute Gasteiger partial charge is 0.337 e. The highest BCUT2D eigenvalue weighted by atomic mass is 16.5. The van der Waals surface area contributed by atoms with Gasteiger partial charge >= 0.3 is 5.97 Å². The van der Waals surface area contributed by atoms with Crippen molar-refractivity contribution in [3.8, 4) is 11.1 Å². The van der Waals surface area contributed by atoms with Crippen molar-refractivity contribution in [2.24, 2.45) is 0 Å². The van der Waals surface area contributed by atoms with E-state index in [1.165, 1.54) is 7.11 Å².